The number of thiazole rings is 1. The molecule has 1 heterocycles. The molecular formula is C15H15ClN2O3S. The molecule has 0 N–H and O–H groups in total. The molecule has 0 atom stereocenters. The van der Waals surface area contributed by atoms with Gasteiger partial charge in [0.2, 0.25) is 0 Å². The molecule has 1 aromatic carbocycles. The minimum atomic E-state index is -0.493. The van der Waals surface area contributed by atoms with Crippen LogP contribution in [0.3, 0.4) is 0 Å². The Kier molecular flexibility index (Phi) is 5.41. The standard InChI is InChI=1S/C15H15ClN2O3S/c1-18(13(8-20-2)14(19)21-3)15-17-12(9-22-15)10-4-6-11(16)7-5-10/h4-9H,1-3H3. The molecule has 116 valence electrons. The molecule has 0 bridgehead atoms. The van der Waals surface area contributed by atoms with E-state index in [0.29, 0.717) is 10.2 Å². The lowest BCUT2D eigenvalue weighted by atomic mass is 10.2. The lowest BCUT2D eigenvalue weighted by Gasteiger charge is -2.17. The zero-order chi connectivity index (χ0) is 16.1. The van der Waals surface area contributed by atoms with Gasteiger partial charge in [0, 0.05) is 23.0 Å². The van der Waals surface area contributed by atoms with Crippen LogP contribution >= 0.6 is 22.9 Å². The number of nitrogens with zero attached hydrogens (tertiary/aromatic N) is 2. The number of carbonyl (C=O) groups excluding carboxylic acids is 1. The van der Waals surface area contributed by atoms with Gasteiger partial charge in [0.05, 0.1) is 19.9 Å². The number of benzene rings is 1. The van der Waals surface area contributed by atoms with E-state index in [1.807, 2.05) is 29.6 Å². The molecule has 0 unspecified atom stereocenters. The van der Waals surface area contributed by atoms with Crippen molar-refractivity contribution in [1.29, 1.82) is 0 Å². The van der Waals surface area contributed by atoms with Gasteiger partial charge in [0.1, 0.15) is 6.26 Å². The Morgan fingerprint density at radius 3 is 2.59 bits per heavy atom. The fraction of sp³-hybridized carbons (Fsp3) is 0.200. The molecule has 5 nitrogen and oxygen atoms in total. The Morgan fingerprint density at radius 2 is 2.00 bits per heavy atom. The average molecular weight is 339 g/mol. The lowest BCUT2D eigenvalue weighted by molar-refractivity contribution is -0.136. The molecule has 0 saturated heterocycles. The fourth-order valence-corrected chi connectivity index (χ4v) is 2.69. The maximum atomic E-state index is 11.8. The number of hydrogen-bond donors (Lipinski definition) is 0. The minimum Gasteiger partial charge on any atom is -0.502 e. The van der Waals surface area contributed by atoms with E-state index in [9.17, 15) is 4.79 Å². The summed E-state index contributed by atoms with van der Waals surface area (Å²) >= 11 is 7.30. The van der Waals surface area contributed by atoms with Crippen LogP contribution < -0.4 is 4.90 Å². The summed E-state index contributed by atoms with van der Waals surface area (Å²) in [5.74, 6) is -0.493. The first kappa shape index (κ1) is 16.3. The third kappa shape index (κ3) is 3.58. The van der Waals surface area contributed by atoms with Crippen LogP contribution in [0.2, 0.25) is 5.02 Å². The number of aromatic nitrogens is 1. The summed E-state index contributed by atoms with van der Waals surface area (Å²) < 4.78 is 9.68. The second-order valence-electron chi connectivity index (χ2n) is 4.31. The van der Waals surface area contributed by atoms with E-state index in [2.05, 4.69) is 4.98 Å². The van der Waals surface area contributed by atoms with Gasteiger partial charge in [-0.3, -0.25) is 0 Å². The summed E-state index contributed by atoms with van der Waals surface area (Å²) in [4.78, 5) is 17.9. The largest absolute Gasteiger partial charge is 0.502 e. The predicted molar refractivity (Wildman–Crippen MR) is 88.1 cm³/mol. The van der Waals surface area contributed by atoms with E-state index in [1.165, 1.54) is 31.8 Å². The van der Waals surface area contributed by atoms with E-state index >= 15 is 0 Å². The summed E-state index contributed by atoms with van der Waals surface area (Å²) in [5.41, 5.74) is 2.03. The molecule has 7 heteroatoms. The number of esters is 1. The van der Waals surface area contributed by atoms with Gasteiger partial charge in [-0.25, -0.2) is 9.78 Å². The Balaban J connectivity index is 2.28. The van der Waals surface area contributed by atoms with Crippen LogP contribution in [-0.2, 0) is 14.3 Å². The van der Waals surface area contributed by atoms with Crippen molar-refractivity contribution in [3.8, 4) is 11.3 Å². The highest BCUT2D eigenvalue weighted by atomic mass is 35.5. The quantitative estimate of drug-likeness (QED) is 0.474. The third-order valence-electron chi connectivity index (χ3n) is 2.90. The smallest absolute Gasteiger partial charge is 0.357 e. The summed E-state index contributed by atoms with van der Waals surface area (Å²) in [5, 5.41) is 3.24. The van der Waals surface area contributed by atoms with Crippen molar-refractivity contribution in [2.75, 3.05) is 26.2 Å². The normalized spacial score (nSPS) is 11.2. The van der Waals surface area contributed by atoms with Gasteiger partial charge in [-0.2, -0.15) is 0 Å². The Bertz CT molecular complexity index is 682. The number of halogens is 1. The van der Waals surface area contributed by atoms with Gasteiger partial charge in [-0.05, 0) is 12.1 Å². The van der Waals surface area contributed by atoms with Gasteiger partial charge in [-0.15, -0.1) is 11.3 Å². The number of ether oxygens (including phenoxy) is 2. The molecule has 1 aromatic heterocycles. The van der Waals surface area contributed by atoms with Gasteiger partial charge in [0.15, 0.2) is 10.8 Å². The lowest BCUT2D eigenvalue weighted by Crippen LogP contribution is -2.24. The second-order valence-corrected chi connectivity index (χ2v) is 5.58. The molecular weight excluding hydrogens is 324 g/mol. The van der Waals surface area contributed by atoms with Crippen LogP contribution in [0.4, 0.5) is 5.13 Å². The minimum absolute atomic E-state index is 0.266. The second kappa shape index (κ2) is 7.29. The predicted octanol–water partition coefficient (Wildman–Crippen LogP) is 3.56. The number of anilines is 1. The van der Waals surface area contributed by atoms with Crippen LogP contribution in [0.5, 0.6) is 0 Å². The molecule has 0 radical (unpaired) electrons. The first-order valence-electron chi connectivity index (χ1n) is 6.33. The van der Waals surface area contributed by atoms with Crippen LogP contribution in [0, 0.1) is 0 Å². The number of likely N-dealkylation sites (N-methyl/N-ethyl adjacent to an activating group) is 1. The SMILES string of the molecule is COC=C(C(=O)OC)N(C)c1nc(-c2ccc(Cl)cc2)cs1. The van der Waals surface area contributed by atoms with Crippen molar-refractivity contribution in [3.63, 3.8) is 0 Å². The molecule has 0 saturated carbocycles. The van der Waals surface area contributed by atoms with Gasteiger partial charge in [0.25, 0.3) is 0 Å². The van der Waals surface area contributed by atoms with Gasteiger partial charge in [-0.1, -0.05) is 23.7 Å². The Morgan fingerprint density at radius 1 is 1.32 bits per heavy atom. The fourth-order valence-electron chi connectivity index (χ4n) is 1.75. The van der Waals surface area contributed by atoms with Crippen molar-refractivity contribution in [2.45, 2.75) is 0 Å². The van der Waals surface area contributed by atoms with Crippen molar-refractivity contribution >= 4 is 34.0 Å². The van der Waals surface area contributed by atoms with Crippen LogP contribution in [0.15, 0.2) is 41.6 Å². The Hall–Kier alpha value is -2.05. The van der Waals surface area contributed by atoms with E-state index in [-0.39, 0.29) is 5.70 Å². The first-order valence-corrected chi connectivity index (χ1v) is 7.59. The molecule has 0 aliphatic rings. The molecule has 0 spiro atoms. The number of rotatable bonds is 5. The van der Waals surface area contributed by atoms with Crippen LogP contribution in [-0.4, -0.2) is 32.2 Å². The first-order chi connectivity index (χ1) is 10.6. The monoisotopic (exact) mass is 338 g/mol. The molecule has 0 aliphatic carbocycles. The van der Waals surface area contributed by atoms with E-state index < -0.39 is 5.97 Å². The maximum absolute atomic E-state index is 11.8. The Labute approximate surface area is 137 Å². The van der Waals surface area contributed by atoms with Crippen LogP contribution in [0.25, 0.3) is 11.3 Å². The summed E-state index contributed by atoms with van der Waals surface area (Å²) in [6.07, 6.45) is 1.33. The highest BCUT2D eigenvalue weighted by molar-refractivity contribution is 7.14. The van der Waals surface area contributed by atoms with Gasteiger partial charge >= 0.3 is 5.97 Å². The molecule has 0 fully saturated rings. The maximum Gasteiger partial charge on any atom is 0.357 e. The zero-order valence-electron chi connectivity index (χ0n) is 12.4. The van der Waals surface area contributed by atoms with Crippen LogP contribution in [0.1, 0.15) is 0 Å². The third-order valence-corrected chi connectivity index (χ3v) is 4.07. The number of carbonyl (C=O) groups is 1. The van der Waals surface area contributed by atoms with E-state index in [0.717, 1.165) is 11.3 Å². The number of hydrogen-bond acceptors (Lipinski definition) is 6. The summed E-state index contributed by atoms with van der Waals surface area (Å²) in [7, 11) is 4.52. The summed E-state index contributed by atoms with van der Waals surface area (Å²) in [6, 6.07) is 7.41. The average Bonchev–Trinajstić information content (AvgIpc) is 3.02. The zero-order valence-corrected chi connectivity index (χ0v) is 13.9. The molecule has 2 aromatic rings. The molecule has 0 amide bonds. The highest BCUT2D eigenvalue weighted by Crippen LogP contribution is 2.29. The summed E-state index contributed by atoms with van der Waals surface area (Å²) in [6.45, 7) is 0. The number of methoxy groups -OCH3 is 2. The van der Waals surface area contributed by atoms with Crippen molar-refractivity contribution < 1.29 is 14.3 Å². The molecule has 2 rings (SSSR count). The molecule has 0 aliphatic heterocycles. The van der Waals surface area contributed by atoms with Gasteiger partial charge < -0.3 is 14.4 Å². The van der Waals surface area contributed by atoms with E-state index in [4.69, 9.17) is 21.1 Å². The highest BCUT2D eigenvalue weighted by Gasteiger charge is 2.19. The van der Waals surface area contributed by atoms with Crippen molar-refractivity contribution in [1.82, 2.24) is 4.98 Å². The van der Waals surface area contributed by atoms with E-state index in [1.54, 1.807) is 11.9 Å². The molecule has 22 heavy (non-hydrogen) atoms. The van der Waals surface area contributed by atoms with Crippen molar-refractivity contribution in [3.05, 3.63) is 46.6 Å². The topological polar surface area (TPSA) is 51.7 Å². The van der Waals surface area contributed by atoms with Crippen molar-refractivity contribution in [2.24, 2.45) is 0 Å².